The molecule has 0 saturated carbocycles. The third-order valence-electron chi connectivity index (χ3n) is 4.25. The van der Waals surface area contributed by atoms with Gasteiger partial charge in [0.15, 0.2) is 0 Å². The number of pyridine rings is 1. The number of rotatable bonds is 3. The molecule has 0 fully saturated rings. The van der Waals surface area contributed by atoms with Crippen LogP contribution in [0.1, 0.15) is 0 Å². The van der Waals surface area contributed by atoms with E-state index < -0.39 is 0 Å². The molecule has 0 atom stereocenters. The van der Waals surface area contributed by atoms with E-state index in [0.717, 1.165) is 17.0 Å². The summed E-state index contributed by atoms with van der Waals surface area (Å²) in [4.78, 5) is 4.53. The van der Waals surface area contributed by atoms with Crippen molar-refractivity contribution < 1.29 is 4.74 Å². The Hall–Kier alpha value is -3.13. The van der Waals surface area contributed by atoms with Crippen molar-refractivity contribution in [2.75, 3.05) is 7.11 Å². The third-order valence-corrected chi connectivity index (χ3v) is 4.25. The Balaban J connectivity index is 1.82. The maximum absolute atomic E-state index is 5.23. The molecule has 1 aromatic heterocycles. The molecule has 0 saturated heterocycles. The number of hydrogen-bond acceptors (Lipinski definition) is 2. The summed E-state index contributed by atoms with van der Waals surface area (Å²) in [7, 11) is 1.67. The molecular weight excluding hydrogens is 294 g/mol. The molecule has 24 heavy (non-hydrogen) atoms. The summed E-state index contributed by atoms with van der Waals surface area (Å²) >= 11 is 0. The fraction of sp³-hybridized carbons (Fsp3) is 0.0455. The number of ether oxygens (including phenoxy) is 1. The lowest BCUT2D eigenvalue weighted by atomic mass is 9.97. The van der Waals surface area contributed by atoms with Crippen LogP contribution in [0.4, 0.5) is 0 Å². The van der Waals surface area contributed by atoms with Crippen molar-refractivity contribution in [2.24, 2.45) is 0 Å². The van der Waals surface area contributed by atoms with Crippen molar-refractivity contribution in [3.63, 3.8) is 0 Å². The lowest BCUT2D eigenvalue weighted by Gasteiger charge is -2.09. The van der Waals surface area contributed by atoms with Crippen LogP contribution in [0.2, 0.25) is 0 Å². The van der Waals surface area contributed by atoms with Crippen molar-refractivity contribution in [2.45, 2.75) is 0 Å². The van der Waals surface area contributed by atoms with Crippen LogP contribution in [-0.2, 0) is 0 Å². The summed E-state index contributed by atoms with van der Waals surface area (Å²) in [6.45, 7) is 0. The molecule has 0 unspecified atom stereocenters. The monoisotopic (exact) mass is 311 g/mol. The van der Waals surface area contributed by atoms with Crippen LogP contribution in [0.15, 0.2) is 85.1 Å². The number of nitrogens with zero attached hydrogens (tertiary/aromatic N) is 1. The van der Waals surface area contributed by atoms with Gasteiger partial charge in [-0.1, -0.05) is 42.5 Å². The number of methoxy groups -OCH3 is 1. The summed E-state index contributed by atoms with van der Waals surface area (Å²) in [5.74, 6) is 0.851. The van der Waals surface area contributed by atoms with Crippen LogP contribution < -0.4 is 4.74 Å². The molecule has 0 aliphatic heterocycles. The maximum atomic E-state index is 5.23. The van der Waals surface area contributed by atoms with Crippen LogP contribution in [0.5, 0.6) is 5.75 Å². The maximum Gasteiger partial charge on any atom is 0.118 e. The van der Waals surface area contributed by atoms with E-state index in [9.17, 15) is 0 Å². The van der Waals surface area contributed by atoms with Gasteiger partial charge in [-0.2, -0.15) is 0 Å². The minimum Gasteiger partial charge on any atom is -0.497 e. The summed E-state index contributed by atoms with van der Waals surface area (Å²) in [6.07, 6.45) is 1.87. The molecule has 3 aromatic carbocycles. The average molecular weight is 311 g/mol. The Morgan fingerprint density at radius 3 is 2.38 bits per heavy atom. The van der Waals surface area contributed by atoms with Crippen molar-refractivity contribution in [3.8, 4) is 28.1 Å². The molecule has 0 aliphatic carbocycles. The highest BCUT2D eigenvalue weighted by Crippen LogP contribution is 2.30. The van der Waals surface area contributed by atoms with E-state index in [4.69, 9.17) is 4.74 Å². The Morgan fingerprint density at radius 1 is 0.750 bits per heavy atom. The highest BCUT2D eigenvalue weighted by Gasteiger charge is 2.06. The number of aromatic nitrogens is 1. The topological polar surface area (TPSA) is 22.1 Å². The number of fused-ring (bicyclic) bond motifs is 1. The highest BCUT2D eigenvalue weighted by atomic mass is 16.5. The molecule has 4 aromatic rings. The second-order valence-corrected chi connectivity index (χ2v) is 5.68. The van der Waals surface area contributed by atoms with Gasteiger partial charge in [-0.25, -0.2) is 0 Å². The predicted molar refractivity (Wildman–Crippen MR) is 99.2 cm³/mol. The Labute approximate surface area is 141 Å². The third kappa shape index (κ3) is 2.63. The first-order valence-corrected chi connectivity index (χ1v) is 7.94. The largest absolute Gasteiger partial charge is 0.497 e. The normalized spacial score (nSPS) is 10.7. The van der Waals surface area contributed by atoms with E-state index in [2.05, 4.69) is 59.6 Å². The lowest BCUT2D eigenvalue weighted by molar-refractivity contribution is 0.415. The van der Waals surface area contributed by atoms with Gasteiger partial charge in [0.25, 0.3) is 0 Å². The van der Waals surface area contributed by atoms with Crippen LogP contribution in [-0.4, -0.2) is 12.1 Å². The van der Waals surface area contributed by atoms with Crippen molar-refractivity contribution in [1.82, 2.24) is 4.98 Å². The molecule has 0 amide bonds. The van der Waals surface area contributed by atoms with E-state index in [-0.39, 0.29) is 0 Å². The Bertz CT molecular complexity index is 985. The standard InChI is InChI=1S/C22H17NO/c1-24-19-11-9-17(10-12-19)22-15-18(13-14-23-22)21-8-4-6-16-5-2-3-7-20(16)21/h2-15H,1H3. The smallest absolute Gasteiger partial charge is 0.118 e. The van der Waals surface area contributed by atoms with Gasteiger partial charge < -0.3 is 4.74 Å². The summed E-state index contributed by atoms with van der Waals surface area (Å²) in [6, 6.07) is 27.1. The van der Waals surface area contributed by atoms with Crippen LogP contribution in [0, 0.1) is 0 Å². The Kier molecular flexibility index (Phi) is 3.72. The van der Waals surface area contributed by atoms with Gasteiger partial charge in [0.2, 0.25) is 0 Å². The highest BCUT2D eigenvalue weighted by molar-refractivity contribution is 5.97. The summed E-state index contributed by atoms with van der Waals surface area (Å²) < 4.78 is 5.23. The molecule has 116 valence electrons. The van der Waals surface area contributed by atoms with Crippen LogP contribution >= 0.6 is 0 Å². The van der Waals surface area contributed by atoms with E-state index in [1.807, 2.05) is 30.5 Å². The van der Waals surface area contributed by atoms with E-state index in [1.165, 1.54) is 21.9 Å². The van der Waals surface area contributed by atoms with E-state index in [1.54, 1.807) is 7.11 Å². The molecule has 2 nitrogen and oxygen atoms in total. The van der Waals surface area contributed by atoms with Crippen molar-refractivity contribution >= 4 is 10.8 Å². The van der Waals surface area contributed by atoms with Crippen LogP contribution in [0.3, 0.4) is 0 Å². The first-order chi connectivity index (χ1) is 11.8. The Morgan fingerprint density at radius 2 is 1.54 bits per heavy atom. The van der Waals surface area contributed by atoms with Gasteiger partial charge in [0.05, 0.1) is 12.8 Å². The molecule has 0 N–H and O–H groups in total. The zero-order valence-electron chi connectivity index (χ0n) is 13.4. The number of benzene rings is 3. The molecule has 2 heteroatoms. The average Bonchev–Trinajstić information content (AvgIpc) is 2.68. The predicted octanol–water partition coefficient (Wildman–Crippen LogP) is 5.58. The summed E-state index contributed by atoms with van der Waals surface area (Å²) in [5, 5.41) is 2.50. The van der Waals surface area contributed by atoms with E-state index in [0.29, 0.717) is 0 Å². The zero-order chi connectivity index (χ0) is 16.4. The second-order valence-electron chi connectivity index (χ2n) is 5.68. The number of hydrogen-bond donors (Lipinski definition) is 0. The quantitative estimate of drug-likeness (QED) is 0.493. The molecule has 0 spiro atoms. The second kappa shape index (κ2) is 6.17. The molecule has 0 radical (unpaired) electrons. The molecule has 4 rings (SSSR count). The minimum atomic E-state index is 0.851. The van der Waals surface area contributed by atoms with E-state index >= 15 is 0 Å². The SMILES string of the molecule is COc1ccc(-c2cc(-c3cccc4ccccc34)ccn2)cc1. The first-order valence-electron chi connectivity index (χ1n) is 7.94. The van der Waals surface area contributed by atoms with Crippen molar-refractivity contribution in [1.29, 1.82) is 0 Å². The lowest BCUT2D eigenvalue weighted by Crippen LogP contribution is -1.87. The fourth-order valence-corrected chi connectivity index (χ4v) is 2.99. The fourth-order valence-electron chi connectivity index (χ4n) is 2.99. The molecule has 0 bridgehead atoms. The molecular formula is C22H17NO. The molecule has 0 aliphatic rings. The summed E-state index contributed by atoms with van der Waals surface area (Å²) in [5.41, 5.74) is 4.44. The van der Waals surface area contributed by atoms with Crippen molar-refractivity contribution in [3.05, 3.63) is 85.1 Å². The van der Waals surface area contributed by atoms with Gasteiger partial charge in [0, 0.05) is 11.8 Å². The van der Waals surface area contributed by atoms with Crippen LogP contribution in [0.25, 0.3) is 33.2 Å². The van der Waals surface area contributed by atoms with Gasteiger partial charge in [-0.3, -0.25) is 4.98 Å². The minimum absolute atomic E-state index is 0.851. The van der Waals surface area contributed by atoms with Gasteiger partial charge >= 0.3 is 0 Å². The molecule has 1 heterocycles. The van der Waals surface area contributed by atoms with Gasteiger partial charge in [0.1, 0.15) is 5.75 Å². The first kappa shape index (κ1) is 14.5. The zero-order valence-corrected chi connectivity index (χ0v) is 13.4. The van der Waals surface area contributed by atoms with Gasteiger partial charge in [-0.15, -0.1) is 0 Å². The van der Waals surface area contributed by atoms with Gasteiger partial charge in [-0.05, 0) is 58.3 Å².